The average Bonchev–Trinajstić information content (AvgIpc) is 3.49. The molecule has 2 saturated carbocycles. The topological polar surface area (TPSA) is 91.8 Å². The molecule has 0 bridgehead atoms. The fourth-order valence-electron chi connectivity index (χ4n) is 3.24. The fraction of sp³-hybridized carbons (Fsp3) is 0.550. The molecule has 2 aliphatic rings. The van der Waals surface area contributed by atoms with Crippen molar-refractivity contribution in [2.24, 2.45) is 4.99 Å². The first kappa shape index (κ1) is 21.0. The van der Waals surface area contributed by atoms with Crippen LogP contribution in [0.5, 0.6) is 0 Å². The van der Waals surface area contributed by atoms with E-state index in [0.29, 0.717) is 12.6 Å². The Bertz CT molecular complexity index is 775. The van der Waals surface area contributed by atoms with Gasteiger partial charge in [0.1, 0.15) is 0 Å². The van der Waals surface area contributed by atoms with Gasteiger partial charge in [0.05, 0.1) is 6.61 Å². The highest BCUT2D eigenvalue weighted by atomic mass is 19.2. The quantitative estimate of drug-likeness (QED) is 0.515. The molecule has 3 rings (SSSR count). The predicted molar refractivity (Wildman–Crippen MR) is 104 cm³/mol. The summed E-state index contributed by atoms with van der Waals surface area (Å²) >= 11 is 0. The molecule has 0 heterocycles. The van der Waals surface area contributed by atoms with Crippen molar-refractivity contribution in [2.75, 3.05) is 6.61 Å². The van der Waals surface area contributed by atoms with Crippen molar-refractivity contribution in [1.29, 1.82) is 0 Å². The summed E-state index contributed by atoms with van der Waals surface area (Å²) in [5, 5.41) is 9.29. The normalized spacial score (nSPS) is 22.0. The Morgan fingerprint density at radius 1 is 0.966 bits per heavy atom. The van der Waals surface area contributed by atoms with E-state index in [1.54, 1.807) is 6.92 Å². The van der Waals surface area contributed by atoms with Crippen LogP contribution in [0.1, 0.15) is 55.8 Å². The van der Waals surface area contributed by atoms with Crippen molar-refractivity contribution in [2.45, 2.75) is 63.6 Å². The number of amides is 2. The Kier molecular flexibility index (Phi) is 7.00. The summed E-state index contributed by atoms with van der Waals surface area (Å²) in [6.45, 7) is 2.09. The molecule has 0 atom stereocenters. The molecular formula is C20H26F2N4O3. The number of ether oxygens (including phenoxy) is 1. The number of carbonyl (C=O) groups excluding carboxylic acids is 2. The van der Waals surface area contributed by atoms with E-state index >= 15 is 0 Å². The number of benzene rings is 1. The Morgan fingerprint density at radius 2 is 1.52 bits per heavy atom. The number of alkyl carbamates (subject to hydrolysis) is 1. The molecule has 0 aliphatic heterocycles. The van der Waals surface area contributed by atoms with E-state index in [0.717, 1.165) is 50.7 Å². The maximum atomic E-state index is 13.4. The zero-order chi connectivity index (χ0) is 20.8. The minimum atomic E-state index is -1.08. The molecule has 0 spiro atoms. The second-order valence-electron chi connectivity index (χ2n) is 7.37. The van der Waals surface area contributed by atoms with Gasteiger partial charge in [-0.2, -0.15) is 4.99 Å². The van der Waals surface area contributed by atoms with Crippen LogP contribution < -0.4 is 16.0 Å². The van der Waals surface area contributed by atoms with Crippen molar-refractivity contribution in [3.05, 3.63) is 35.4 Å². The summed E-state index contributed by atoms with van der Waals surface area (Å²) < 4.78 is 31.4. The van der Waals surface area contributed by atoms with Gasteiger partial charge in [0.25, 0.3) is 5.91 Å². The molecule has 0 radical (unpaired) electrons. The molecule has 3 N–H and O–H groups in total. The summed E-state index contributed by atoms with van der Waals surface area (Å²) in [4.78, 5) is 28.0. The van der Waals surface area contributed by atoms with Gasteiger partial charge >= 0.3 is 6.09 Å². The van der Waals surface area contributed by atoms with Crippen molar-refractivity contribution >= 4 is 18.0 Å². The number of rotatable bonds is 5. The van der Waals surface area contributed by atoms with Crippen LogP contribution in [0.15, 0.2) is 23.2 Å². The lowest BCUT2D eigenvalue weighted by atomic mass is 9.91. The van der Waals surface area contributed by atoms with Crippen LogP contribution in [0.4, 0.5) is 13.6 Å². The van der Waals surface area contributed by atoms with Crippen LogP contribution in [-0.2, 0) is 4.74 Å². The van der Waals surface area contributed by atoms with Crippen LogP contribution in [0.3, 0.4) is 0 Å². The summed E-state index contributed by atoms with van der Waals surface area (Å²) in [6, 6.07) is 3.40. The van der Waals surface area contributed by atoms with Gasteiger partial charge in [-0.05, 0) is 63.6 Å². The van der Waals surface area contributed by atoms with Crippen molar-refractivity contribution in [3.63, 3.8) is 0 Å². The molecule has 2 aliphatic carbocycles. The summed E-state index contributed by atoms with van der Waals surface area (Å²) in [7, 11) is 0. The van der Waals surface area contributed by atoms with Crippen molar-refractivity contribution < 1.29 is 23.1 Å². The summed E-state index contributed by atoms with van der Waals surface area (Å²) in [6.07, 6.45) is 4.74. The van der Waals surface area contributed by atoms with Gasteiger partial charge in [0.2, 0.25) is 0 Å². The van der Waals surface area contributed by atoms with Gasteiger partial charge in [-0.1, -0.05) is 0 Å². The van der Waals surface area contributed by atoms with Crippen LogP contribution in [0, 0.1) is 11.6 Å². The molecule has 0 saturated heterocycles. The number of guanidine groups is 1. The van der Waals surface area contributed by atoms with E-state index in [2.05, 4.69) is 20.9 Å². The van der Waals surface area contributed by atoms with Gasteiger partial charge < -0.3 is 20.7 Å². The third-order valence-electron chi connectivity index (χ3n) is 4.96. The number of halogens is 2. The third-order valence-corrected chi connectivity index (χ3v) is 4.96. The van der Waals surface area contributed by atoms with Crippen LogP contribution in [0.2, 0.25) is 0 Å². The Labute approximate surface area is 168 Å². The Balaban J connectivity index is 1.58. The highest BCUT2D eigenvalue weighted by Gasteiger charge is 2.27. The first-order valence-electron chi connectivity index (χ1n) is 9.99. The number of nitrogens with one attached hydrogen (secondary N) is 3. The fourth-order valence-corrected chi connectivity index (χ4v) is 3.24. The van der Waals surface area contributed by atoms with E-state index in [4.69, 9.17) is 4.74 Å². The van der Waals surface area contributed by atoms with Gasteiger partial charge in [-0.15, -0.1) is 0 Å². The smallest absolute Gasteiger partial charge is 0.407 e. The molecule has 1 aromatic carbocycles. The number of carbonyl (C=O) groups is 2. The van der Waals surface area contributed by atoms with E-state index in [9.17, 15) is 18.4 Å². The van der Waals surface area contributed by atoms with E-state index < -0.39 is 23.6 Å². The van der Waals surface area contributed by atoms with E-state index in [-0.39, 0.29) is 23.7 Å². The zero-order valence-electron chi connectivity index (χ0n) is 16.3. The monoisotopic (exact) mass is 408 g/mol. The molecule has 158 valence electrons. The molecule has 0 unspecified atom stereocenters. The molecule has 0 aromatic heterocycles. The SMILES string of the molecule is CCOC(=O)N[C@H]1CC[C@H](N/C(=N\C(=O)c2ccc(F)c(F)c2)NC2CC2)CC1. The van der Waals surface area contributed by atoms with E-state index in [1.165, 1.54) is 6.07 Å². The zero-order valence-corrected chi connectivity index (χ0v) is 16.3. The standard InChI is InChI=1S/C20H26F2N4O3/c1-2-29-20(28)25-15-8-6-14(7-9-15)24-19(23-13-4-5-13)26-18(27)12-3-10-16(21)17(22)11-12/h3,10-11,13-15H,2,4-9H2,1H3,(H,25,28)(H2,23,24,26,27)/t14-,15-. The maximum absolute atomic E-state index is 13.4. The van der Waals surface area contributed by atoms with Crippen LogP contribution in [0.25, 0.3) is 0 Å². The van der Waals surface area contributed by atoms with Gasteiger partial charge in [-0.25, -0.2) is 13.6 Å². The highest BCUT2D eigenvalue weighted by Crippen LogP contribution is 2.21. The minimum Gasteiger partial charge on any atom is -0.450 e. The number of nitrogens with zero attached hydrogens (tertiary/aromatic N) is 1. The lowest BCUT2D eigenvalue weighted by Crippen LogP contribution is -2.48. The maximum Gasteiger partial charge on any atom is 0.407 e. The Hall–Kier alpha value is -2.71. The largest absolute Gasteiger partial charge is 0.450 e. The number of hydrogen-bond acceptors (Lipinski definition) is 3. The first-order chi connectivity index (χ1) is 13.9. The second kappa shape index (κ2) is 9.67. The van der Waals surface area contributed by atoms with Gasteiger partial charge in [0, 0.05) is 23.7 Å². The highest BCUT2D eigenvalue weighted by molar-refractivity contribution is 6.02. The predicted octanol–water partition coefficient (Wildman–Crippen LogP) is 2.86. The lowest BCUT2D eigenvalue weighted by molar-refractivity contribution is 0.100. The molecule has 2 fully saturated rings. The molecule has 29 heavy (non-hydrogen) atoms. The van der Waals surface area contributed by atoms with Crippen molar-refractivity contribution in [1.82, 2.24) is 16.0 Å². The van der Waals surface area contributed by atoms with E-state index in [1.807, 2.05) is 0 Å². The van der Waals surface area contributed by atoms with Gasteiger partial charge in [0.15, 0.2) is 17.6 Å². The van der Waals surface area contributed by atoms with Crippen LogP contribution >= 0.6 is 0 Å². The second-order valence-corrected chi connectivity index (χ2v) is 7.37. The van der Waals surface area contributed by atoms with Crippen LogP contribution in [-0.4, -0.2) is 42.7 Å². The van der Waals surface area contributed by atoms with Gasteiger partial charge in [-0.3, -0.25) is 4.79 Å². The average molecular weight is 408 g/mol. The molecule has 2 amide bonds. The lowest BCUT2D eigenvalue weighted by Gasteiger charge is -2.30. The molecule has 9 heteroatoms. The molecule has 7 nitrogen and oxygen atoms in total. The summed E-state index contributed by atoms with van der Waals surface area (Å²) in [5.74, 6) is -2.38. The minimum absolute atomic E-state index is 0.0110. The third kappa shape index (κ3) is 6.40. The first-order valence-corrected chi connectivity index (χ1v) is 9.99. The Morgan fingerprint density at radius 3 is 2.03 bits per heavy atom. The number of hydrogen-bond donors (Lipinski definition) is 3. The molecule has 1 aromatic rings. The number of aliphatic imine (C=N–C) groups is 1. The van der Waals surface area contributed by atoms with Crippen molar-refractivity contribution in [3.8, 4) is 0 Å². The summed E-state index contributed by atoms with van der Waals surface area (Å²) in [5.41, 5.74) is -0.0110. The molecular weight excluding hydrogens is 382 g/mol.